The predicted octanol–water partition coefficient (Wildman–Crippen LogP) is 2.47. The van der Waals surface area contributed by atoms with Gasteiger partial charge in [-0.1, -0.05) is 12.8 Å². The van der Waals surface area contributed by atoms with Gasteiger partial charge in [-0.2, -0.15) is 0 Å². The highest BCUT2D eigenvalue weighted by molar-refractivity contribution is 7.12. The van der Waals surface area contributed by atoms with E-state index in [0.29, 0.717) is 23.3 Å². The molecule has 1 heterocycles. The number of thiophene rings is 1. The lowest BCUT2D eigenvalue weighted by Gasteiger charge is -2.28. The number of nitrogens with one attached hydrogen (secondary N) is 1. The lowest BCUT2D eigenvalue weighted by atomic mass is 9.93. The van der Waals surface area contributed by atoms with Crippen molar-refractivity contribution in [3.8, 4) is 0 Å². The van der Waals surface area contributed by atoms with Gasteiger partial charge in [-0.3, -0.25) is 14.4 Å². The summed E-state index contributed by atoms with van der Waals surface area (Å²) < 4.78 is 0. The van der Waals surface area contributed by atoms with Gasteiger partial charge in [-0.25, -0.2) is 0 Å². The predicted molar refractivity (Wildman–Crippen MR) is 75.2 cm³/mol. The monoisotopic (exact) mass is 295 g/mol. The summed E-state index contributed by atoms with van der Waals surface area (Å²) >= 11 is 1.21. The molecule has 0 bridgehead atoms. The summed E-state index contributed by atoms with van der Waals surface area (Å²) in [6.07, 6.45) is 3.18. The van der Waals surface area contributed by atoms with E-state index in [4.69, 9.17) is 5.11 Å². The molecule has 1 saturated carbocycles. The molecule has 0 spiro atoms. The number of ketones is 1. The van der Waals surface area contributed by atoms with Crippen molar-refractivity contribution in [3.63, 3.8) is 0 Å². The van der Waals surface area contributed by atoms with Crippen LogP contribution in [-0.2, 0) is 4.79 Å². The second kappa shape index (κ2) is 5.75. The molecule has 1 aliphatic carbocycles. The second-order valence-electron chi connectivity index (χ2n) is 5.27. The number of hydrogen-bond acceptors (Lipinski definition) is 4. The number of carboxylic acids is 1. The van der Waals surface area contributed by atoms with Crippen LogP contribution in [0.2, 0.25) is 0 Å². The van der Waals surface area contributed by atoms with Crippen molar-refractivity contribution in [2.24, 2.45) is 0 Å². The van der Waals surface area contributed by atoms with Crippen molar-refractivity contribution in [3.05, 3.63) is 21.9 Å². The number of carbonyl (C=O) groups is 3. The molecule has 6 heteroatoms. The average Bonchev–Trinajstić information content (AvgIpc) is 2.96. The summed E-state index contributed by atoms with van der Waals surface area (Å²) in [4.78, 5) is 34.9. The third-order valence-electron chi connectivity index (χ3n) is 3.66. The minimum absolute atomic E-state index is 0.0519. The van der Waals surface area contributed by atoms with Crippen LogP contribution >= 0.6 is 11.3 Å². The summed E-state index contributed by atoms with van der Waals surface area (Å²) in [5.74, 6) is -1.27. The van der Waals surface area contributed by atoms with E-state index in [1.807, 2.05) is 0 Å². The molecule has 1 aliphatic rings. The van der Waals surface area contributed by atoms with Crippen LogP contribution in [0.1, 0.15) is 59.1 Å². The van der Waals surface area contributed by atoms with Gasteiger partial charge in [-0.15, -0.1) is 11.3 Å². The number of Topliss-reactive ketones (excluding diaryl/α,β-unsaturated/α-hetero) is 1. The summed E-state index contributed by atoms with van der Waals surface area (Å²) in [5, 5.41) is 13.5. The fourth-order valence-electron chi connectivity index (χ4n) is 2.63. The van der Waals surface area contributed by atoms with E-state index in [0.717, 1.165) is 12.8 Å². The maximum Gasteiger partial charge on any atom is 0.305 e. The first kappa shape index (κ1) is 14.7. The Bertz CT molecular complexity index is 543. The zero-order chi connectivity index (χ0) is 14.8. The summed E-state index contributed by atoms with van der Waals surface area (Å²) in [5.41, 5.74) is -0.123. The van der Waals surface area contributed by atoms with Crippen molar-refractivity contribution in [1.29, 1.82) is 0 Å². The Labute approximate surface area is 121 Å². The summed E-state index contributed by atoms with van der Waals surface area (Å²) in [6, 6.07) is 1.56. The number of carbonyl (C=O) groups excluding carboxylic acids is 2. The number of aliphatic carboxylic acids is 1. The number of carboxylic acid groups (broad SMARTS) is 1. The SMILES string of the molecule is CC(=O)c1csc(C(=O)NC2(CC(=O)O)CCCC2)c1. The Morgan fingerprint density at radius 1 is 1.35 bits per heavy atom. The van der Waals surface area contributed by atoms with Gasteiger partial charge in [0.1, 0.15) is 0 Å². The Morgan fingerprint density at radius 2 is 2.00 bits per heavy atom. The third kappa shape index (κ3) is 3.25. The normalized spacial score (nSPS) is 16.9. The molecule has 20 heavy (non-hydrogen) atoms. The van der Waals surface area contributed by atoms with Crippen molar-refractivity contribution < 1.29 is 19.5 Å². The van der Waals surface area contributed by atoms with E-state index in [2.05, 4.69) is 5.32 Å². The first-order valence-electron chi connectivity index (χ1n) is 6.56. The molecule has 1 fully saturated rings. The molecule has 1 aromatic heterocycles. The Balaban J connectivity index is 2.11. The maximum atomic E-state index is 12.2. The highest BCUT2D eigenvalue weighted by atomic mass is 32.1. The first-order chi connectivity index (χ1) is 9.42. The van der Waals surface area contributed by atoms with Crippen LogP contribution in [0.15, 0.2) is 11.4 Å². The van der Waals surface area contributed by atoms with Gasteiger partial charge < -0.3 is 10.4 Å². The number of hydrogen-bond donors (Lipinski definition) is 2. The fraction of sp³-hybridized carbons (Fsp3) is 0.500. The largest absolute Gasteiger partial charge is 0.481 e. The molecule has 5 nitrogen and oxygen atoms in total. The van der Waals surface area contributed by atoms with E-state index in [1.165, 1.54) is 18.3 Å². The smallest absolute Gasteiger partial charge is 0.305 e. The molecule has 0 unspecified atom stereocenters. The van der Waals surface area contributed by atoms with E-state index in [1.54, 1.807) is 11.4 Å². The molecule has 2 N–H and O–H groups in total. The van der Waals surface area contributed by atoms with Crippen molar-refractivity contribution in [2.75, 3.05) is 0 Å². The quantitative estimate of drug-likeness (QED) is 0.817. The van der Waals surface area contributed by atoms with Crippen molar-refractivity contribution >= 4 is 29.0 Å². The van der Waals surface area contributed by atoms with E-state index < -0.39 is 11.5 Å². The van der Waals surface area contributed by atoms with Crippen LogP contribution in [0.5, 0.6) is 0 Å². The first-order valence-corrected chi connectivity index (χ1v) is 7.44. The lowest BCUT2D eigenvalue weighted by molar-refractivity contribution is -0.138. The highest BCUT2D eigenvalue weighted by Crippen LogP contribution is 2.33. The van der Waals surface area contributed by atoms with Crippen LogP contribution in [0.3, 0.4) is 0 Å². The standard InChI is InChI=1S/C14H17NO4S/c1-9(16)10-6-11(20-8-10)13(19)15-14(7-12(17)18)4-2-3-5-14/h6,8H,2-5,7H2,1H3,(H,15,19)(H,17,18). The fourth-order valence-corrected chi connectivity index (χ4v) is 3.47. The van der Waals surface area contributed by atoms with E-state index in [-0.39, 0.29) is 18.1 Å². The zero-order valence-corrected chi connectivity index (χ0v) is 12.1. The molecular formula is C14H17NO4S. The van der Waals surface area contributed by atoms with Gasteiger partial charge in [0, 0.05) is 10.9 Å². The summed E-state index contributed by atoms with van der Waals surface area (Å²) in [6.45, 7) is 1.45. The topological polar surface area (TPSA) is 83.5 Å². The van der Waals surface area contributed by atoms with Gasteiger partial charge in [-0.05, 0) is 25.8 Å². The highest BCUT2D eigenvalue weighted by Gasteiger charge is 2.37. The Morgan fingerprint density at radius 3 is 2.50 bits per heavy atom. The maximum absolute atomic E-state index is 12.2. The molecule has 0 saturated heterocycles. The molecule has 0 aromatic carbocycles. The van der Waals surface area contributed by atoms with Crippen LogP contribution in [0.25, 0.3) is 0 Å². The second-order valence-corrected chi connectivity index (χ2v) is 6.18. The Hall–Kier alpha value is -1.69. The van der Waals surface area contributed by atoms with Gasteiger partial charge in [0.05, 0.1) is 16.8 Å². The zero-order valence-electron chi connectivity index (χ0n) is 11.3. The molecule has 1 amide bonds. The van der Waals surface area contributed by atoms with E-state index in [9.17, 15) is 14.4 Å². The minimum Gasteiger partial charge on any atom is -0.481 e. The molecule has 0 radical (unpaired) electrons. The average molecular weight is 295 g/mol. The molecule has 0 atom stereocenters. The third-order valence-corrected chi connectivity index (χ3v) is 4.59. The van der Waals surface area contributed by atoms with Crippen LogP contribution in [-0.4, -0.2) is 28.3 Å². The molecule has 2 rings (SSSR count). The number of rotatable bonds is 5. The lowest BCUT2D eigenvalue weighted by Crippen LogP contribution is -2.47. The van der Waals surface area contributed by atoms with Crippen molar-refractivity contribution in [1.82, 2.24) is 5.32 Å². The summed E-state index contributed by atoms with van der Waals surface area (Å²) in [7, 11) is 0. The van der Waals surface area contributed by atoms with E-state index >= 15 is 0 Å². The van der Waals surface area contributed by atoms with Gasteiger partial charge in [0.2, 0.25) is 0 Å². The van der Waals surface area contributed by atoms with Gasteiger partial charge in [0.15, 0.2) is 5.78 Å². The Kier molecular flexibility index (Phi) is 4.23. The van der Waals surface area contributed by atoms with Crippen LogP contribution in [0.4, 0.5) is 0 Å². The number of amides is 1. The minimum atomic E-state index is -0.900. The molecule has 1 aromatic rings. The molecule has 0 aliphatic heterocycles. The van der Waals surface area contributed by atoms with Crippen molar-refractivity contribution in [2.45, 2.75) is 44.6 Å². The van der Waals surface area contributed by atoms with Crippen LogP contribution < -0.4 is 5.32 Å². The molecular weight excluding hydrogens is 278 g/mol. The van der Waals surface area contributed by atoms with Crippen LogP contribution in [0, 0.1) is 0 Å². The van der Waals surface area contributed by atoms with Gasteiger partial charge >= 0.3 is 5.97 Å². The van der Waals surface area contributed by atoms with Gasteiger partial charge in [0.25, 0.3) is 5.91 Å². The molecule has 108 valence electrons.